The standard InChI is InChI=1S/C12H21N3O/c1-9-12(10(2)16-14-9)8-15-6-4-11(13-3)5-7-15/h11,13H,4-8H2,1-3H3. The molecule has 16 heavy (non-hydrogen) atoms. The minimum absolute atomic E-state index is 0.695. The highest BCUT2D eigenvalue weighted by Gasteiger charge is 2.20. The molecular formula is C12H21N3O. The topological polar surface area (TPSA) is 41.3 Å². The lowest BCUT2D eigenvalue weighted by Crippen LogP contribution is -2.40. The van der Waals surface area contributed by atoms with Crippen LogP contribution in [0.3, 0.4) is 0 Å². The SMILES string of the molecule is CNC1CCN(Cc2c(C)noc2C)CC1. The summed E-state index contributed by atoms with van der Waals surface area (Å²) in [5, 5.41) is 7.35. The highest BCUT2D eigenvalue weighted by atomic mass is 16.5. The highest BCUT2D eigenvalue weighted by Crippen LogP contribution is 2.18. The Labute approximate surface area is 97.0 Å². The van der Waals surface area contributed by atoms with Gasteiger partial charge in [-0.3, -0.25) is 4.90 Å². The van der Waals surface area contributed by atoms with Gasteiger partial charge in [0.05, 0.1) is 5.69 Å². The van der Waals surface area contributed by atoms with Crippen molar-refractivity contribution in [3.8, 4) is 0 Å². The van der Waals surface area contributed by atoms with E-state index in [4.69, 9.17) is 4.52 Å². The third-order valence-electron chi connectivity index (χ3n) is 3.56. The lowest BCUT2D eigenvalue weighted by Gasteiger charge is -2.31. The molecule has 1 fully saturated rings. The fraction of sp³-hybridized carbons (Fsp3) is 0.750. The Morgan fingerprint density at radius 2 is 2.06 bits per heavy atom. The van der Waals surface area contributed by atoms with Crippen LogP contribution in [0.1, 0.15) is 29.9 Å². The van der Waals surface area contributed by atoms with Gasteiger partial charge in [-0.2, -0.15) is 0 Å². The van der Waals surface area contributed by atoms with Crippen molar-refractivity contribution in [1.29, 1.82) is 0 Å². The molecule has 1 N–H and O–H groups in total. The fourth-order valence-corrected chi connectivity index (χ4v) is 2.33. The first kappa shape index (κ1) is 11.6. The number of rotatable bonds is 3. The molecule has 0 aliphatic carbocycles. The number of hydrogen-bond acceptors (Lipinski definition) is 4. The molecule has 0 saturated carbocycles. The van der Waals surface area contributed by atoms with E-state index in [0.717, 1.165) is 31.1 Å². The van der Waals surface area contributed by atoms with Crippen molar-refractivity contribution in [3.05, 3.63) is 17.0 Å². The molecule has 0 unspecified atom stereocenters. The third kappa shape index (κ3) is 2.44. The Hall–Kier alpha value is -0.870. The summed E-state index contributed by atoms with van der Waals surface area (Å²) in [7, 11) is 2.05. The largest absolute Gasteiger partial charge is 0.361 e. The van der Waals surface area contributed by atoms with E-state index in [1.54, 1.807) is 0 Å². The zero-order chi connectivity index (χ0) is 11.5. The van der Waals surface area contributed by atoms with Crippen molar-refractivity contribution in [3.63, 3.8) is 0 Å². The maximum atomic E-state index is 5.19. The molecular weight excluding hydrogens is 202 g/mol. The number of aryl methyl sites for hydroxylation is 2. The van der Waals surface area contributed by atoms with Gasteiger partial charge >= 0.3 is 0 Å². The fourth-order valence-electron chi connectivity index (χ4n) is 2.33. The molecule has 0 atom stereocenters. The molecule has 90 valence electrons. The first-order valence-corrected chi connectivity index (χ1v) is 6.02. The van der Waals surface area contributed by atoms with Gasteiger partial charge in [0.15, 0.2) is 0 Å². The summed E-state index contributed by atoms with van der Waals surface area (Å²) in [6, 6.07) is 0.695. The van der Waals surface area contributed by atoms with E-state index in [-0.39, 0.29) is 0 Å². The maximum absolute atomic E-state index is 5.19. The van der Waals surface area contributed by atoms with Gasteiger partial charge in [0.1, 0.15) is 5.76 Å². The van der Waals surface area contributed by atoms with E-state index in [9.17, 15) is 0 Å². The third-order valence-corrected chi connectivity index (χ3v) is 3.56. The number of hydrogen-bond donors (Lipinski definition) is 1. The van der Waals surface area contributed by atoms with Crippen LogP contribution >= 0.6 is 0 Å². The zero-order valence-corrected chi connectivity index (χ0v) is 10.4. The second-order valence-corrected chi connectivity index (χ2v) is 4.64. The Kier molecular flexibility index (Phi) is 3.61. The van der Waals surface area contributed by atoms with Gasteiger partial charge in [-0.25, -0.2) is 0 Å². The summed E-state index contributed by atoms with van der Waals surface area (Å²) in [5.41, 5.74) is 2.30. The van der Waals surface area contributed by atoms with Crippen molar-refractivity contribution in [2.24, 2.45) is 0 Å². The van der Waals surface area contributed by atoms with Crippen LogP contribution in [0.2, 0.25) is 0 Å². The van der Waals surface area contributed by atoms with E-state index >= 15 is 0 Å². The number of nitrogens with one attached hydrogen (secondary N) is 1. The van der Waals surface area contributed by atoms with Crippen LogP contribution in [0.4, 0.5) is 0 Å². The predicted molar refractivity (Wildman–Crippen MR) is 63.3 cm³/mol. The van der Waals surface area contributed by atoms with Crippen molar-refractivity contribution < 1.29 is 4.52 Å². The minimum Gasteiger partial charge on any atom is -0.361 e. The molecule has 1 aliphatic heterocycles. The summed E-state index contributed by atoms with van der Waals surface area (Å²) in [6.45, 7) is 7.32. The first-order chi connectivity index (χ1) is 7.70. The molecule has 0 bridgehead atoms. The summed E-state index contributed by atoms with van der Waals surface area (Å²) in [5.74, 6) is 0.966. The minimum atomic E-state index is 0.695. The lowest BCUT2D eigenvalue weighted by molar-refractivity contribution is 0.193. The molecule has 0 aromatic carbocycles. The Bertz CT molecular complexity index is 321. The van der Waals surface area contributed by atoms with E-state index in [1.807, 2.05) is 13.8 Å². The molecule has 2 rings (SSSR count). The molecule has 1 aromatic rings. The highest BCUT2D eigenvalue weighted by molar-refractivity contribution is 5.20. The van der Waals surface area contributed by atoms with Crippen LogP contribution < -0.4 is 5.32 Å². The van der Waals surface area contributed by atoms with E-state index in [0.29, 0.717) is 6.04 Å². The molecule has 0 spiro atoms. The van der Waals surface area contributed by atoms with Gasteiger partial charge in [-0.15, -0.1) is 0 Å². The van der Waals surface area contributed by atoms with Gasteiger partial charge in [-0.1, -0.05) is 5.16 Å². The number of aromatic nitrogens is 1. The molecule has 4 heteroatoms. The van der Waals surface area contributed by atoms with Crippen LogP contribution in [0, 0.1) is 13.8 Å². The molecule has 1 saturated heterocycles. The Morgan fingerprint density at radius 3 is 2.56 bits per heavy atom. The molecule has 1 aliphatic rings. The number of likely N-dealkylation sites (tertiary alicyclic amines) is 1. The molecule has 0 radical (unpaired) electrons. The van der Waals surface area contributed by atoms with Crippen LogP contribution in [-0.4, -0.2) is 36.2 Å². The average Bonchev–Trinajstić information content (AvgIpc) is 2.62. The monoisotopic (exact) mass is 223 g/mol. The van der Waals surface area contributed by atoms with Gasteiger partial charge in [0.2, 0.25) is 0 Å². The second kappa shape index (κ2) is 4.97. The maximum Gasteiger partial charge on any atom is 0.138 e. The summed E-state index contributed by atoms with van der Waals surface area (Å²) < 4.78 is 5.19. The number of nitrogens with zero attached hydrogens (tertiary/aromatic N) is 2. The molecule has 2 heterocycles. The Balaban J connectivity index is 1.92. The van der Waals surface area contributed by atoms with Crippen LogP contribution in [0.15, 0.2) is 4.52 Å². The van der Waals surface area contributed by atoms with E-state index < -0.39 is 0 Å². The quantitative estimate of drug-likeness (QED) is 0.842. The van der Waals surface area contributed by atoms with Crippen molar-refractivity contribution >= 4 is 0 Å². The van der Waals surface area contributed by atoms with Gasteiger partial charge in [-0.05, 0) is 46.8 Å². The van der Waals surface area contributed by atoms with Crippen molar-refractivity contribution in [1.82, 2.24) is 15.4 Å². The molecule has 0 amide bonds. The van der Waals surface area contributed by atoms with Gasteiger partial charge in [0, 0.05) is 18.2 Å². The molecule has 1 aromatic heterocycles. The predicted octanol–water partition coefficient (Wildman–Crippen LogP) is 1.48. The summed E-state index contributed by atoms with van der Waals surface area (Å²) >= 11 is 0. The lowest BCUT2D eigenvalue weighted by atomic mass is 10.0. The second-order valence-electron chi connectivity index (χ2n) is 4.64. The number of piperidine rings is 1. The molecule has 4 nitrogen and oxygen atoms in total. The smallest absolute Gasteiger partial charge is 0.138 e. The van der Waals surface area contributed by atoms with E-state index in [1.165, 1.54) is 18.4 Å². The van der Waals surface area contributed by atoms with Crippen LogP contribution in [0.25, 0.3) is 0 Å². The first-order valence-electron chi connectivity index (χ1n) is 6.02. The average molecular weight is 223 g/mol. The summed E-state index contributed by atoms with van der Waals surface area (Å²) in [4.78, 5) is 2.49. The summed E-state index contributed by atoms with van der Waals surface area (Å²) in [6.07, 6.45) is 2.47. The van der Waals surface area contributed by atoms with Gasteiger partial charge < -0.3 is 9.84 Å². The Morgan fingerprint density at radius 1 is 1.38 bits per heavy atom. The van der Waals surface area contributed by atoms with Crippen LogP contribution in [-0.2, 0) is 6.54 Å². The zero-order valence-electron chi connectivity index (χ0n) is 10.4. The normalized spacial score (nSPS) is 19.2. The van der Waals surface area contributed by atoms with Crippen molar-refractivity contribution in [2.75, 3.05) is 20.1 Å². The van der Waals surface area contributed by atoms with Gasteiger partial charge in [0.25, 0.3) is 0 Å². The van der Waals surface area contributed by atoms with Crippen molar-refractivity contribution in [2.45, 2.75) is 39.3 Å². The van der Waals surface area contributed by atoms with Crippen LogP contribution in [0.5, 0.6) is 0 Å². The van der Waals surface area contributed by atoms with E-state index in [2.05, 4.69) is 22.4 Å².